The number of hydrogen-bond donors (Lipinski definition) is 1. The molecule has 0 aliphatic heterocycles. The predicted octanol–water partition coefficient (Wildman–Crippen LogP) is 3.72. The fraction of sp³-hybridized carbons (Fsp3) is 0.600. The van der Waals surface area contributed by atoms with E-state index in [1.807, 2.05) is 39.8 Å². The Morgan fingerprint density at radius 1 is 1.15 bits per heavy atom. The summed E-state index contributed by atoms with van der Waals surface area (Å²) in [5.41, 5.74) is 2.49. The fourth-order valence-corrected chi connectivity index (χ4v) is 2.76. The quantitative estimate of drug-likeness (QED) is 0.802. The van der Waals surface area contributed by atoms with E-state index < -0.39 is 11.7 Å². The third-order valence-corrected chi connectivity index (χ3v) is 3.98. The van der Waals surface area contributed by atoms with Crippen molar-refractivity contribution in [2.75, 3.05) is 36.0 Å². The van der Waals surface area contributed by atoms with E-state index in [0.29, 0.717) is 13.1 Å². The van der Waals surface area contributed by atoms with E-state index in [2.05, 4.69) is 30.1 Å². The highest BCUT2D eigenvalue weighted by atomic mass is 16.6. The minimum absolute atomic E-state index is 0.0605. The topological polar surface area (TPSA) is 61.9 Å². The number of carbonyl (C=O) groups is 2. The molecule has 0 saturated carbocycles. The first-order chi connectivity index (χ1) is 12.1. The van der Waals surface area contributed by atoms with Gasteiger partial charge >= 0.3 is 6.09 Å². The average molecular weight is 364 g/mol. The van der Waals surface area contributed by atoms with Crippen LogP contribution in [-0.4, -0.2) is 43.8 Å². The molecule has 2 amide bonds. The van der Waals surface area contributed by atoms with Gasteiger partial charge < -0.3 is 19.9 Å². The van der Waals surface area contributed by atoms with Crippen LogP contribution in [0.2, 0.25) is 0 Å². The number of aryl methyl sites for hydroxylation is 1. The van der Waals surface area contributed by atoms with Gasteiger partial charge in [0.15, 0.2) is 0 Å². The van der Waals surface area contributed by atoms with E-state index in [4.69, 9.17) is 4.74 Å². The smallest absolute Gasteiger partial charge is 0.407 e. The van der Waals surface area contributed by atoms with Gasteiger partial charge in [0.25, 0.3) is 0 Å². The third kappa shape index (κ3) is 6.58. The molecule has 26 heavy (non-hydrogen) atoms. The van der Waals surface area contributed by atoms with E-state index in [1.54, 1.807) is 4.90 Å². The molecular formula is C20H33N3O3. The number of anilines is 2. The van der Waals surface area contributed by atoms with Crippen LogP contribution in [0.15, 0.2) is 18.2 Å². The van der Waals surface area contributed by atoms with Crippen LogP contribution in [0.5, 0.6) is 0 Å². The molecule has 146 valence electrons. The zero-order chi connectivity index (χ0) is 19.9. The maximum absolute atomic E-state index is 12.1. The van der Waals surface area contributed by atoms with E-state index in [-0.39, 0.29) is 5.91 Å². The molecule has 0 saturated heterocycles. The number of alkyl carbamates (subject to hydrolysis) is 1. The Kier molecular flexibility index (Phi) is 7.93. The molecule has 0 heterocycles. The van der Waals surface area contributed by atoms with Crippen LogP contribution in [0.1, 0.15) is 47.1 Å². The largest absolute Gasteiger partial charge is 0.444 e. The lowest BCUT2D eigenvalue weighted by Crippen LogP contribution is -2.40. The molecular weight excluding hydrogens is 330 g/mol. The normalized spacial score (nSPS) is 11.0. The maximum Gasteiger partial charge on any atom is 0.407 e. The molecule has 0 aliphatic rings. The molecule has 0 aromatic heterocycles. The highest BCUT2D eigenvalue weighted by molar-refractivity contribution is 5.92. The van der Waals surface area contributed by atoms with Gasteiger partial charge in [-0.2, -0.15) is 0 Å². The molecule has 6 heteroatoms. The number of carbonyl (C=O) groups excluding carboxylic acids is 2. The van der Waals surface area contributed by atoms with E-state index >= 15 is 0 Å². The summed E-state index contributed by atoms with van der Waals surface area (Å²) in [4.78, 5) is 27.8. The lowest BCUT2D eigenvalue weighted by atomic mass is 10.1. The first-order valence-corrected chi connectivity index (χ1v) is 9.19. The maximum atomic E-state index is 12.1. The second-order valence-electron chi connectivity index (χ2n) is 7.24. The van der Waals surface area contributed by atoms with Crippen molar-refractivity contribution >= 4 is 23.4 Å². The van der Waals surface area contributed by atoms with Crippen LogP contribution in [0.25, 0.3) is 0 Å². The number of hydrogen-bond acceptors (Lipinski definition) is 4. The number of benzene rings is 1. The Hall–Kier alpha value is -2.24. The minimum Gasteiger partial charge on any atom is -0.444 e. The number of nitrogens with zero attached hydrogens (tertiary/aromatic N) is 2. The fourth-order valence-electron chi connectivity index (χ4n) is 2.76. The molecule has 1 rings (SSSR count). The zero-order valence-corrected chi connectivity index (χ0v) is 17.2. The summed E-state index contributed by atoms with van der Waals surface area (Å²) in [6.45, 7) is 15.8. The van der Waals surface area contributed by atoms with Gasteiger partial charge in [-0.25, -0.2) is 4.79 Å². The molecule has 0 fully saturated rings. The number of amides is 2. The highest BCUT2D eigenvalue weighted by Gasteiger charge is 2.18. The summed E-state index contributed by atoms with van der Waals surface area (Å²) >= 11 is 0. The molecule has 6 nitrogen and oxygen atoms in total. The van der Waals surface area contributed by atoms with Crippen molar-refractivity contribution in [1.29, 1.82) is 0 Å². The minimum atomic E-state index is -0.540. The highest BCUT2D eigenvalue weighted by Crippen LogP contribution is 2.25. The summed E-state index contributed by atoms with van der Waals surface area (Å²) < 4.78 is 5.22. The van der Waals surface area contributed by atoms with Gasteiger partial charge in [0.05, 0.1) is 0 Å². The van der Waals surface area contributed by atoms with Gasteiger partial charge in [-0.15, -0.1) is 0 Å². The Morgan fingerprint density at radius 2 is 1.77 bits per heavy atom. The first-order valence-electron chi connectivity index (χ1n) is 9.19. The Bertz CT molecular complexity index is 619. The third-order valence-electron chi connectivity index (χ3n) is 3.98. The lowest BCUT2D eigenvalue weighted by Gasteiger charge is -2.26. The van der Waals surface area contributed by atoms with E-state index in [1.165, 1.54) is 6.92 Å². The molecule has 0 spiro atoms. The first kappa shape index (κ1) is 21.8. The number of ether oxygens (including phenoxy) is 1. The average Bonchev–Trinajstić information content (AvgIpc) is 2.51. The molecule has 0 atom stereocenters. The van der Waals surface area contributed by atoms with Crippen LogP contribution in [0.4, 0.5) is 16.2 Å². The van der Waals surface area contributed by atoms with Gasteiger partial charge in [0.2, 0.25) is 5.91 Å². The number of nitrogens with one attached hydrogen (secondary N) is 1. The molecule has 1 aromatic rings. The standard InChI is InChI=1S/C20H33N3O3/c1-8-22(9-2)17-10-11-18(15(3)14-17)23(16(4)24)13-12-21-19(25)26-20(5,6)7/h10-11,14H,8-9,12-13H2,1-7H3,(H,21,25). The Balaban J connectivity index is 2.81. The molecule has 0 bridgehead atoms. The zero-order valence-electron chi connectivity index (χ0n) is 17.2. The summed E-state index contributed by atoms with van der Waals surface area (Å²) in [6.07, 6.45) is -0.477. The van der Waals surface area contributed by atoms with Gasteiger partial charge in [-0.1, -0.05) is 0 Å². The van der Waals surface area contributed by atoms with Crippen LogP contribution in [0.3, 0.4) is 0 Å². The van der Waals surface area contributed by atoms with Gasteiger partial charge in [-0.3, -0.25) is 4.79 Å². The number of rotatable bonds is 7. The predicted molar refractivity (Wildman–Crippen MR) is 107 cm³/mol. The van der Waals surface area contributed by atoms with E-state index in [9.17, 15) is 9.59 Å². The van der Waals surface area contributed by atoms with Gasteiger partial charge in [-0.05, 0) is 65.3 Å². The van der Waals surface area contributed by atoms with Crippen molar-refractivity contribution in [2.45, 2.75) is 54.1 Å². The molecule has 1 aromatic carbocycles. The molecule has 0 radical (unpaired) electrons. The van der Waals surface area contributed by atoms with Gasteiger partial charge in [0.1, 0.15) is 5.60 Å². The van der Waals surface area contributed by atoms with Crippen molar-refractivity contribution in [3.8, 4) is 0 Å². The Morgan fingerprint density at radius 3 is 2.23 bits per heavy atom. The Labute approximate surface area is 157 Å². The second kappa shape index (κ2) is 9.46. The summed E-state index contributed by atoms with van der Waals surface area (Å²) in [6, 6.07) is 6.10. The summed E-state index contributed by atoms with van der Waals surface area (Å²) in [7, 11) is 0. The van der Waals surface area contributed by atoms with Crippen LogP contribution >= 0.6 is 0 Å². The monoisotopic (exact) mass is 363 g/mol. The molecule has 0 unspecified atom stereocenters. The SMILES string of the molecule is CCN(CC)c1ccc(N(CCNC(=O)OC(C)(C)C)C(C)=O)c(C)c1. The molecule has 1 N–H and O–H groups in total. The van der Waals surface area contributed by atoms with Crippen molar-refractivity contribution in [3.05, 3.63) is 23.8 Å². The van der Waals surface area contributed by atoms with Crippen LogP contribution in [0, 0.1) is 6.92 Å². The van der Waals surface area contributed by atoms with Crippen LogP contribution < -0.4 is 15.1 Å². The van der Waals surface area contributed by atoms with Crippen molar-refractivity contribution < 1.29 is 14.3 Å². The lowest BCUT2D eigenvalue weighted by molar-refractivity contribution is -0.116. The van der Waals surface area contributed by atoms with Crippen molar-refractivity contribution in [2.24, 2.45) is 0 Å². The van der Waals surface area contributed by atoms with Crippen molar-refractivity contribution in [1.82, 2.24) is 5.32 Å². The van der Waals surface area contributed by atoms with Crippen LogP contribution in [-0.2, 0) is 9.53 Å². The summed E-state index contributed by atoms with van der Waals surface area (Å²) in [5.74, 6) is -0.0605. The van der Waals surface area contributed by atoms with Gasteiger partial charge in [0, 0.05) is 44.5 Å². The second-order valence-corrected chi connectivity index (χ2v) is 7.24. The van der Waals surface area contributed by atoms with E-state index in [0.717, 1.165) is 30.0 Å². The van der Waals surface area contributed by atoms with Crippen molar-refractivity contribution in [3.63, 3.8) is 0 Å². The summed E-state index contributed by atoms with van der Waals surface area (Å²) in [5, 5.41) is 2.70. The molecule has 0 aliphatic carbocycles.